The Balaban J connectivity index is 2.05. The first-order chi connectivity index (χ1) is 8.66. The molecule has 0 saturated heterocycles. The molecule has 0 bridgehead atoms. The smallest absolute Gasteiger partial charge is 0.356 e. The van der Waals surface area contributed by atoms with Gasteiger partial charge in [0.25, 0.3) is 0 Å². The van der Waals surface area contributed by atoms with Crippen LogP contribution in [0.1, 0.15) is 40.3 Å². The van der Waals surface area contributed by atoms with E-state index in [1.165, 1.54) is 6.07 Å². The van der Waals surface area contributed by atoms with Gasteiger partial charge in [0.1, 0.15) is 0 Å². The Labute approximate surface area is 103 Å². The van der Waals surface area contributed by atoms with Crippen molar-refractivity contribution in [2.24, 2.45) is 0 Å². The third-order valence-corrected chi connectivity index (χ3v) is 3.25. The van der Waals surface area contributed by atoms with Crippen LogP contribution in [-0.4, -0.2) is 26.0 Å². The maximum Gasteiger partial charge on any atom is 0.356 e. The minimum absolute atomic E-state index is 0.0234. The second-order valence-corrected chi connectivity index (χ2v) is 4.38. The van der Waals surface area contributed by atoms with Crippen molar-refractivity contribution in [2.45, 2.75) is 18.6 Å². The minimum Gasteiger partial charge on any atom is -0.476 e. The van der Waals surface area contributed by atoms with Gasteiger partial charge in [-0.1, -0.05) is 30.3 Å². The Morgan fingerprint density at radius 3 is 2.72 bits per heavy atom. The quantitative estimate of drug-likeness (QED) is 0.841. The molecule has 2 unspecified atom stereocenters. The summed E-state index contributed by atoms with van der Waals surface area (Å²) in [4.78, 5) is 10.9. The second kappa shape index (κ2) is 3.96. The summed E-state index contributed by atoms with van der Waals surface area (Å²) in [5.41, 5.74) is 1.57. The van der Waals surface area contributed by atoms with Crippen LogP contribution in [0.2, 0.25) is 0 Å². The van der Waals surface area contributed by atoms with Crippen molar-refractivity contribution in [3.63, 3.8) is 0 Å². The molecule has 0 radical (unpaired) electrons. The highest BCUT2D eigenvalue weighted by Gasteiger charge is 2.33. The molecule has 0 aliphatic carbocycles. The minimum atomic E-state index is -1.07. The van der Waals surface area contributed by atoms with Gasteiger partial charge in [-0.05, 0) is 11.6 Å². The highest BCUT2D eigenvalue weighted by atomic mass is 16.4. The molecule has 18 heavy (non-hydrogen) atoms. The fourth-order valence-electron chi connectivity index (χ4n) is 2.40. The monoisotopic (exact) mass is 244 g/mol. The highest BCUT2D eigenvalue weighted by molar-refractivity contribution is 5.85. The van der Waals surface area contributed by atoms with Crippen LogP contribution in [0.5, 0.6) is 0 Å². The van der Waals surface area contributed by atoms with Crippen LogP contribution in [0, 0.1) is 0 Å². The average Bonchev–Trinajstić information content (AvgIpc) is 2.92. The highest BCUT2D eigenvalue weighted by Crippen LogP contribution is 2.38. The molecule has 1 aliphatic rings. The van der Waals surface area contributed by atoms with Gasteiger partial charge >= 0.3 is 5.97 Å². The van der Waals surface area contributed by atoms with Crippen LogP contribution in [0.15, 0.2) is 36.4 Å². The number of fused-ring (bicyclic) bond motifs is 1. The van der Waals surface area contributed by atoms with E-state index in [1.54, 1.807) is 4.68 Å². The third-order valence-electron chi connectivity index (χ3n) is 3.25. The topological polar surface area (TPSA) is 75.3 Å². The zero-order chi connectivity index (χ0) is 12.7. The number of aliphatic hydroxyl groups excluding tert-OH is 1. The molecule has 0 saturated carbocycles. The van der Waals surface area contributed by atoms with Crippen molar-refractivity contribution in [1.29, 1.82) is 0 Å². The molecule has 1 aromatic carbocycles. The summed E-state index contributed by atoms with van der Waals surface area (Å²) in [6, 6.07) is 11.0. The molecule has 3 rings (SSSR count). The molecule has 2 N–H and O–H groups in total. The summed E-state index contributed by atoms with van der Waals surface area (Å²) < 4.78 is 1.61. The first kappa shape index (κ1) is 11.0. The Morgan fingerprint density at radius 1 is 1.33 bits per heavy atom. The van der Waals surface area contributed by atoms with Gasteiger partial charge in [0, 0.05) is 6.42 Å². The van der Waals surface area contributed by atoms with E-state index < -0.39 is 12.1 Å². The predicted octanol–water partition coefficient (Wildman–Crippen LogP) is 1.61. The first-order valence-electron chi connectivity index (χ1n) is 5.72. The Morgan fingerprint density at radius 2 is 2.06 bits per heavy atom. The lowest BCUT2D eigenvalue weighted by Crippen LogP contribution is -2.09. The van der Waals surface area contributed by atoms with Crippen LogP contribution >= 0.6 is 0 Å². The second-order valence-electron chi connectivity index (χ2n) is 4.38. The standard InChI is InChI=1S/C13H12N2O3/c16-12-7-10(8-4-2-1-3-5-8)15-11(12)6-9(14-15)13(17)18/h1-6,10,12,16H,7H2,(H,17,18). The molecule has 0 spiro atoms. The van der Waals surface area contributed by atoms with Crippen molar-refractivity contribution in [3.05, 3.63) is 53.3 Å². The number of carboxylic acids is 1. The molecule has 2 atom stereocenters. The van der Waals surface area contributed by atoms with Crippen molar-refractivity contribution in [1.82, 2.24) is 9.78 Å². The van der Waals surface area contributed by atoms with E-state index in [1.807, 2.05) is 30.3 Å². The molecule has 92 valence electrons. The molecule has 2 aromatic rings. The van der Waals surface area contributed by atoms with E-state index in [2.05, 4.69) is 5.10 Å². The van der Waals surface area contributed by atoms with Crippen molar-refractivity contribution in [2.75, 3.05) is 0 Å². The number of hydrogen-bond acceptors (Lipinski definition) is 3. The van der Waals surface area contributed by atoms with E-state index in [0.717, 1.165) is 5.56 Å². The molecule has 1 aromatic heterocycles. The van der Waals surface area contributed by atoms with E-state index in [0.29, 0.717) is 12.1 Å². The Kier molecular flexibility index (Phi) is 2.41. The molecule has 1 aliphatic heterocycles. The van der Waals surface area contributed by atoms with Gasteiger partial charge < -0.3 is 10.2 Å². The lowest BCUT2D eigenvalue weighted by atomic mass is 10.0. The van der Waals surface area contributed by atoms with Gasteiger partial charge in [-0.15, -0.1) is 0 Å². The lowest BCUT2D eigenvalue weighted by Gasteiger charge is -2.11. The number of carboxylic acid groups (broad SMARTS) is 1. The molecule has 2 heterocycles. The maximum atomic E-state index is 10.9. The zero-order valence-corrected chi connectivity index (χ0v) is 9.52. The third kappa shape index (κ3) is 1.60. The van der Waals surface area contributed by atoms with Crippen LogP contribution in [0.4, 0.5) is 0 Å². The number of hydrogen-bond donors (Lipinski definition) is 2. The van der Waals surface area contributed by atoms with E-state index in [9.17, 15) is 9.90 Å². The van der Waals surface area contributed by atoms with Crippen LogP contribution in [0.25, 0.3) is 0 Å². The SMILES string of the molecule is O=C(O)c1cc2n(n1)C(c1ccccc1)CC2O. The molecule has 5 nitrogen and oxygen atoms in total. The van der Waals surface area contributed by atoms with Crippen LogP contribution < -0.4 is 0 Å². The van der Waals surface area contributed by atoms with Crippen molar-refractivity contribution >= 4 is 5.97 Å². The van der Waals surface area contributed by atoms with Gasteiger partial charge in [-0.25, -0.2) is 4.79 Å². The Hall–Kier alpha value is -2.14. The maximum absolute atomic E-state index is 10.9. The summed E-state index contributed by atoms with van der Waals surface area (Å²) in [7, 11) is 0. The average molecular weight is 244 g/mol. The zero-order valence-electron chi connectivity index (χ0n) is 9.52. The number of aromatic carboxylic acids is 1. The van der Waals surface area contributed by atoms with Gasteiger partial charge in [0.2, 0.25) is 0 Å². The summed E-state index contributed by atoms with van der Waals surface area (Å²) in [5.74, 6) is -1.07. The Bertz CT molecular complexity index is 592. The van der Waals surface area contributed by atoms with E-state index in [4.69, 9.17) is 5.11 Å². The number of aliphatic hydroxyl groups is 1. The van der Waals surface area contributed by atoms with Crippen LogP contribution in [0.3, 0.4) is 0 Å². The van der Waals surface area contributed by atoms with Crippen molar-refractivity contribution in [3.8, 4) is 0 Å². The summed E-state index contributed by atoms with van der Waals surface area (Å²) in [5, 5.41) is 22.9. The van der Waals surface area contributed by atoms with E-state index in [-0.39, 0.29) is 11.7 Å². The molecule has 0 amide bonds. The molecular weight excluding hydrogens is 232 g/mol. The fourth-order valence-corrected chi connectivity index (χ4v) is 2.40. The van der Waals surface area contributed by atoms with Gasteiger partial charge in [-0.2, -0.15) is 5.10 Å². The molecule has 0 fully saturated rings. The van der Waals surface area contributed by atoms with Gasteiger partial charge in [0.15, 0.2) is 5.69 Å². The number of rotatable bonds is 2. The molecular formula is C13H12N2O3. The molecule has 5 heteroatoms. The summed E-state index contributed by atoms with van der Waals surface area (Å²) in [6.07, 6.45) is -0.123. The van der Waals surface area contributed by atoms with Crippen LogP contribution in [-0.2, 0) is 0 Å². The number of benzene rings is 1. The number of carbonyl (C=O) groups is 1. The summed E-state index contributed by atoms with van der Waals surface area (Å²) in [6.45, 7) is 0. The number of nitrogens with zero attached hydrogens (tertiary/aromatic N) is 2. The first-order valence-corrected chi connectivity index (χ1v) is 5.72. The fraction of sp³-hybridized carbons (Fsp3) is 0.231. The normalized spacial score (nSPS) is 21.8. The number of aromatic nitrogens is 2. The summed E-state index contributed by atoms with van der Waals surface area (Å²) >= 11 is 0. The van der Waals surface area contributed by atoms with Crippen molar-refractivity contribution < 1.29 is 15.0 Å². The lowest BCUT2D eigenvalue weighted by molar-refractivity contribution is 0.0689. The predicted molar refractivity (Wildman–Crippen MR) is 63.3 cm³/mol. The van der Waals surface area contributed by atoms with Gasteiger partial charge in [-0.3, -0.25) is 4.68 Å². The largest absolute Gasteiger partial charge is 0.476 e. The van der Waals surface area contributed by atoms with E-state index >= 15 is 0 Å². The van der Waals surface area contributed by atoms with Gasteiger partial charge in [0.05, 0.1) is 17.8 Å².